The van der Waals surface area contributed by atoms with Crippen LogP contribution in [0.25, 0.3) is 0 Å². The second kappa shape index (κ2) is 8.04. The summed E-state index contributed by atoms with van der Waals surface area (Å²) in [5, 5.41) is 5.84. The molecule has 5 heteroatoms. The van der Waals surface area contributed by atoms with E-state index in [1.54, 1.807) is 4.90 Å². The topological polar surface area (TPSA) is 61.4 Å². The van der Waals surface area contributed by atoms with Crippen LogP contribution in [-0.2, 0) is 11.3 Å². The van der Waals surface area contributed by atoms with Gasteiger partial charge in [-0.15, -0.1) is 0 Å². The number of aryl methyl sites for hydroxylation is 2. The SMILES string of the molecule is Cc1ccc(CNC(=O)[C@H]2CCCN2C(=O)Nc2ccc(C)cc2)cc1. The fourth-order valence-corrected chi connectivity index (χ4v) is 3.13. The van der Waals surface area contributed by atoms with Crippen molar-refractivity contribution in [1.82, 2.24) is 10.2 Å². The van der Waals surface area contributed by atoms with Gasteiger partial charge in [0.2, 0.25) is 5.91 Å². The Balaban J connectivity index is 1.57. The van der Waals surface area contributed by atoms with Crippen LogP contribution < -0.4 is 10.6 Å². The quantitative estimate of drug-likeness (QED) is 0.884. The number of hydrogen-bond donors (Lipinski definition) is 2. The van der Waals surface area contributed by atoms with Gasteiger partial charge in [-0.1, -0.05) is 47.5 Å². The van der Waals surface area contributed by atoms with Gasteiger partial charge in [0.25, 0.3) is 0 Å². The number of rotatable bonds is 4. The number of urea groups is 1. The predicted molar refractivity (Wildman–Crippen MR) is 103 cm³/mol. The molecule has 5 nitrogen and oxygen atoms in total. The Bertz CT molecular complexity index is 769. The molecule has 1 aliphatic heterocycles. The number of amides is 3. The van der Waals surface area contributed by atoms with Gasteiger partial charge in [0.1, 0.15) is 6.04 Å². The van der Waals surface area contributed by atoms with Crippen molar-refractivity contribution in [3.05, 3.63) is 65.2 Å². The third-order valence-corrected chi connectivity index (χ3v) is 4.71. The van der Waals surface area contributed by atoms with Crippen molar-refractivity contribution in [3.8, 4) is 0 Å². The van der Waals surface area contributed by atoms with Crippen LogP contribution in [0.15, 0.2) is 48.5 Å². The highest BCUT2D eigenvalue weighted by Crippen LogP contribution is 2.19. The second-order valence-electron chi connectivity index (χ2n) is 6.85. The molecule has 1 fully saturated rings. The van der Waals surface area contributed by atoms with Crippen molar-refractivity contribution in [3.63, 3.8) is 0 Å². The minimum absolute atomic E-state index is 0.0952. The molecular formula is C21H25N3O2. The maximum Gasteiger partial charge on any atom is 0.322 e. The number of anilines is 1. The van der Waals surface area contributed by atoms with Crippen molar-refractivity contribution in [2.45, 2.75) is 39.3 Å². The maximum absolute atomic E-state index is 12.6. The molecule has 1 saturated heterocycles. The third-order valence-electron chi connectivity index (χ3n) is 4.71. The highest BCUT2D eigenvalue weighted by atomic mass is 16.2. The van der Waals surface area contributed by atoms with Gasteiger partial charge < -0.3 is 15.5 Å². The van der Waals surface area contributed by atoms with E-state index in [4.69, 9.17) is 0 Å². The minimum atomic E-state index is -0.411. The zero-order valence-electron chi connectivity index (χ0n) is 15.3. The van der Waals surface area contributed by atoms with Crippen LogP contribution in [-0.4, -0.2) is 29.4 Å². The molecular weight excluding hydrogens is 326 g/mol. The van der Waals surface area contributed by atoms with Crippen LogP contribution in [0.1, 0.15) is 29.5 Å². The van der Waals surface area contributed by atoms with Crippen LogP contribution in [0.3, 0.4) is 0 Å². The molecule has 0 radical (unpaired) electrons. The van der Waals surface area contributed by atoms with Gasteiger partial charge in [-0.3, -0.25) is 4.79 Å². The molecule has 0 spiro atoms. The Morgan fingerprint density at radius 3 is 2.27 bits per heavy atom. The van der Waals surface area contributed by atoms with Gasteiger partial charge in [-0.2, -0.15) is 0 Å². The van der Waals surface area contributed by atoms with Crippen molar-refractivity contribution >= 4 is 17.6 Å². The molecule has 1 atom stereocenters. The first kappa shape index (κ1) is 18.0. The van der Waals surface area contributed by atoms with E-state index < -0.39 is 6.04 Å². The first-order chi connectivity index (χ1) is 12.5. The molecule has 136 valence electrons. The Labute approximate surface area is 154 Å². The summed E-state index contributed by atoms with van der Waals surface area (Å²) in [6.07, 6.45) is 1.53. The summed E-state index contributed by atoms with van der Waals surface area (Å²) in [6, 6.07) is 15.1. The summed E-state index contributed by atoms with van der Waals surface area (Å²) >= 11 is 0. The lowest BCUT2D eigenvalue weighted by atomic mass is 10.1. The van der Waals surface area contributed by atoms with Gasteiger partial charge in [-0.25, -0.2) is 4.79 Å². The molecule has 0 aliphatic carbocycles. The van der Waals surface area contributed by atoms with Crippen LogP contribution in [0, 0.1) is 13.8 Å². The largest absolute Gasteiger partial charge is 0.350 e. The molecule has 0 unspecified atom stereocenters. The summed E-state index contributed by atoms with van der Waals surface area (Å²) in [5.41, 5.74) is 4.12. The predicted octanol–water partition coefficient (Wildman–Crippen LogP) is 3.62. The number of nitrogens with one attached hydrogen (secondary N) is 2. The first-order valence-corrected chi connectivity index (χ1v) is 9.00. The Morgan fingerprint density at radius 2 is 1.62 bits per heavy atom. The molecule has 2 aromatic carbocycles. The van der Waals surface area contributed by atoms with Crippen LogP contribution in [0.4, 0.5) is 10.5 Å². The van der Waals surface area contributed by atoms with E-state index in [9.17, 15) is 9.59 Å². The van der Waals surface area contributed by atoms with Crippen molar-refractivity contribution < 1.29 is 9.59 Å². The number of likely N-dealkylation sites (tertiary alicyclic amines) is 1. The van der Waals surface area contributed by atoms with E-state index in [-0.39, 0.29) is 11.9 Å². The molecule has 3 amide bonds. The fraction of sp³-hybridized carbons (Fsp3) is 0.333. The van der Waals surface area contributed by atoms with Gasteiger partial charge in [0.15, 0.2) is 0 Å². The van der Waals surface area contributed by atoms with E-state index in [1.165, 1.54) is 5.56 Å². The maximum atomic E-state index is 12.6. The van der Waals surface area contributed by atoms with Crippen molar-refractivity contribution in [2.75, 3.05) is 11.9 Å². The third kappa shape index (κ3) is 4.42. The smallest absolute Gasteiger partial charge is 0.322 e. The Kier molecular flexibility index (Phi) is 5.56. The average molecular weight is 351 g/mol. The lowest BCUT2D eigenvalue weighted by Crippen LogP contribution is -2.47. The number of carbonyl (C=O) groups excluding carboxylic acids is 2. The first-order valence-electron chi connectivity index (χ1n) is 9.00. The lowest BCUT2D eigenvalue weighted by Gasteiger charge is -2.24. The fourth-order valence-electron chi connectivity index (χ4n) is 3.13. The highest BCUT2D eigenvalue weighted by Gasteiger charge is 2.33. The Morgan fingerprint density at radius 1 is 1.00 bits per heavy atom. The number of benzene rings is 2. The standard InChI is InChI=1S/C21H25N3O2/c1-15-5-9-17(10-6-15)14-22-20(25)19-4-3-13-24(19)21(26)23-18-11-7-16(2)8-12-18/h5-12,19H,3-4,13-14H2,1-2H3,(H,22,25)(H,23,26)/t19-/m1/s1. The number of nitrogens with zero attached hydrogens (tertiary/aromatic N) is 1. The zero-order chi connectivity index (χ0) is 18.5. The molecule has 0 aromatic heterocycles. The van der Waals surface area contributed by atoms with E-state index in [1.807, 2.05) is 62.4 Å². The molecule has 0 bridgehead atoms. The van der Waals surface area contributed by atoms with Crippen LogP contribution >= 0.6 is 0 Å². The molecule has 3 rings (SSSR count). The summed E-state index contributed by atoms with van der Waals surface area (Å²) in [4.78, 5) is 26.8. The lowest BCUT2D eigenvalue weighted by molar-refractivity contribution is -0.124. The molecule has 1 heterocycles. The van der Waals surface area contributed by atoms with E-state index in [0.29, 0.717) is 19.5 Å². The minimum Gasteiger partial charge on any atom is -0.350 e. The number of hydrogen-bond acceptors (Lipinski definition) is 2. The monoisotopic (exact) mass is 351 g/mol. The average Bonchev–Trinajstić information content (AvgIpc) is 3.13. The van der Waals surface area contributed by atoms with E-state index in [0.717, 1.165) is 23.2 Å². The molecule has 1 aliphatic rings. The van der Waals surface area contributed by atoms with Crippen molar-refractivity contribution in [1.29, 1.82) is 0 Å². The van der Waals surface area contributed by atoms with Gasteiger partial charge in [0.05, 0.1) is 0 Å². The summed E-state index contributed by atoms with van der Waals surface area (Å²) in [7, 11) is 0. The Hall–Kier alpha value is -2.82. The van der Waals surface area contributed by atoms with Gasteiger partial charge in [-0.05, 0) is 44.4 Å². The van der Waals surface area contributed by atoms with Gasteiger partial charge in [0, 0.05) is 18.8 Å². The highest BCUT2D eigenvalue weighted by molar-refractivity contribution is 5.94. The summed E-state index contributed by atoms with van der Waals surface area (Å²) in [5.74, 6) is -0.0952. The number of carbonyl (C=O) groups is 2. The summed E-state index contributed by atoms with van der Waals surface area (Å²) < 4.78 is 0. The van der Waals surface area contributed by atoms with Gasteiger partial charge >= 0.3 is 6.03 Å². The zero-order valence-corrected chi connectivity index (χ0v) is 15.3. The normalized spacial score (nSPS) is 16.4. The molecule has 26 heavy (non-hydrogen) atoms. The second-order valence-corrected chi connectivity index (χ2v) is 6.85. The van der Waals surface area contributed by atoms with E-state index in [2.05, 4.69) is 10.6 Å². The molecule has 2 N–H and O–H groups in total. The summed E-state index contributed by atoms with van der Waals surface area (Å²) in [6.45, 7) is 5.11. The molecule has 2 aromatic rings. The van der Waals surface area contributed by atoms with Crippen LogP contribution in [0.2, 0.25) is 0 Å². The van der Waals surface area contributed by atoms with Crippen molar-refractivity contribution in [2.24, 2.45) is 0 Å². The molecule has 0 saturated carbocycles. The van der Waals surface area contributed by atoms with E-state index >= 15 is 0 Å². The van der Waals surface area contributed by atoms with Crippen LogP contribution in [0.5, 0.6) is 0 Å².